The Labute approximate surface area is 163 Å². The van der Waals surface area contributed by atoms with Crippen molar-refractivity contribution >= 4 is 32.3 Å². The van der Waals surface area contributed by atoms with Crippen LogP contribution in [-0.4, -0.2) is 19.7 Å². The molecular formula is C21H21ClFNO2S. The average molecular weight is 406 g/mol. The Morgan fingerprint density at radius 3 is 2.48 bits per heavy atom. The second-order valence-corrected chi connectivity index (χ2v) is 10.3. The molecule has 142 valence electrons. The zero-order chi connectivity index (χ0) is 19.4. The first-order valence-electron chi connectivity index (χ1n) is 8.92. The summed E-state index contributed by atoms with van der Waals surface area (Å²) in [6.07, 6.45) is 5.28. The predicted molar refractivity (Wildman–Crippen MR) is 107 cm³/mol. The lowest BCUT2D eigenvalue weighted by Gasteiger charge is -2.31. The van der Waals surface area contributed by atoms with E-state index in [1.54, 1.807) is 0 Å². The van der Waals surface area contributed by atoms with Gasteiger partial charge in [-0.15, -0.1) is 0 Å². The van der Waals surface area contributed by atoms with E-state index >= 15 is 0 Å². The Kier molecular flexibility index (Phi) is 4.35. The molecule has 0 bridgehead atoms. The first-order chi connectivity index (χ1) is 12.7. The fourth-order valence-electron chi connectivity index (χ4n) is 4.16. The molecule has 1 saturated carbocycles. The fourth-order valence-corrected chi connectivity index (χ4v) is 5.08. The smallest absolute Gasteiger partial charge is 0.151 e. The molecule has 0 saturated heterocycles. The van der Waals surface area contributed by atoms with E-state index in [-0.39, 0.29) is 11.2 Å². The third-order valence-electron chi connectivity index (χ3n) is 5.65. The van der Waals surface area contributed by atoms with Crippen LogP contribution >= 0.6 is 11.6 Å². The highest BCUT2D eigenvalue weighted by Crippen LogP contribution is 2.53. The van der Waals surface area contributed by atoms with Gasteiger partial charge in [0.25, 0.3) is 0 Å². The van der Waals surface area contributed by atoms with Gasteiger partial charge in [0.2, 0.25) is 0 Å². The van der Waals surface area contributed by atoms with Crippen LogP contribution in [0.2, 0.25) is 5.02 Å². The molecule has 1 aromatic heterocycles. The van der Waals surface area contributed by atoms with Gasteiger partial charge in [0.15, 0.2) is 9.84 Å². The van der Waals surface area contributed by atoms with Gasteiger partial charge >= 0.3 is 0 Å². The third kappa shape index (κ3) is 3.39. The minimum absolute atomic E-state index is 0.192. The van der Waals surface area contributed by atoms with Crippen molar-refractivity contribution in [2.75, 3.05) is 6.26 Å². The van der Waals surface area contributed by atoms with E-state index in [0.29, 0.717) is 22.0 Å². The number of nitrogens with one attached hydrogen (secondary N) is 1. The number of aromatic amines is 1. The highest BCUT2D eigenvalue weighted by molar-refractivity contribution is 7.89. The largest absolute Gasteiger partial charge is 0.361 e. The number of sulfone groups is 1. The number of rotatable bonds is 5. The van der Waals surface area contributed by atoms with Gasteiger partial charge in [-0.1, -0.05) is 30.7 Å². The lowest BCUT2D eigenvalue weighted by atomic mass is 9.72. The summed E-state index contributed by atoms with van der Waals surface area (Å²) in [6, 6.07) is 10.6. The van der Waals surface area contributed by atoms with Crippen molar-refractivity contribution in [2.24, 2.45) is 5.92 Å². The van der Waals surface area contributed by atoms with Crippen molar-refractivity contribution < 1.29 is 12.8 Å². The molecule has 1 aliphatic rings. The molecular weight excluding hydrogens is 385 g/mol. The number of benzene rings is 2. The van der Waals surface area contributed by atoms with Gasteiger partial charge in [0, 0.05) is 28.3 Å². The fraction of sp³-hybridized carbons (Fsp3) is 0.333. The van der Waals surface area contributed by atoms with Crippen molar-refractivity contribution in [2.45, 2.75) is 30.9 Å². The lowest BCUT2D eigenvalue weighted by molar-refractivity contribution is 0.498. The van der Waals surface area contributed by atoms with Gasteiger partial charge in [-0.3, -0.25) is 0 Å². The van der Waals surface area contributed by atoms with Crippen LogP contribution in [0.5, 0.6) is 0 Å². The molecule has 1 N–H and O–H groups in total. The molecule has 0 amide bonds. The molecule has 1 aliphatic carbocycles. The van der Waals surface area contributed by atoms with Crippen molar-refractivity contribution in [3.8, 4) is 0 Å². The molecule has 1 heterocycles. The van der Waals surface area contributed by atoms with Gasteiger partial charge in [-0.05, 0) is 59.7 Å². The molecule has 3 nitrogen and oxygen atoms in total. The van der Waals surface area contributed by atoms with Gasteiger partial charge in [-0.25, -0.2) is 12.8 Å². The van der Waals surface area contributed by atoms with E-state index in [0.717, 1.165) is 35.6 Å². The predicted octanol–water partition coefficient (Wildman–Crippen LogP) is 5.22. The van der Waals surface area contributed by atoms with Gasteiger partial charge in [0.1, 0.15) is 5.82 Å². The van der Waals surface area contributed by atoms with E-state index in [4.69, 9.17) is 11.6 Å². The normalized spacial score (nSPS) is 17.2. The maximum absolute atomic E-state index is 14.4. The Hall–Kier alpha value is -1.85. The SMILES string of the molecule is CC(c1ccc(Cl)cc1)(c1c[nH]c2c(CS(C)(=O)=O)cc(F)cc12)C1CC1. The van der Waals surface area contributed by atoms with Crippen molar-refractivity contribution in [1.82, 2.24) is 4.98 Å². The van der Waals surface area contributed by atoms with Crippen LogP contribution in [-0.2, 0) is 21.0 Å². The van der Waals surface area contributed by atoms with Crippen LogP contribution in [0.1, 0.15) is 36.5 Å². The number of hydrogen-bond donors (Lipinski definition) is 1. The van der Waals surface area contributed by atoms with E-state index < -0.39 is 15.7 Å². The summed E-state index contributed by atoms with van der Waals surface area (Å²) in [4.78, 5) is 3.22. The van der Waals surface area contributed by atoms with Crippen LogP contribution in [0.4, 0.5) is 4.39 Å². The minimum atomic E-state index is -3.27. The molecule has 0 spiro atoms. The lowest BCUT2D eigenvalue weighted by Crippen LogP contribution is -2.26. The Morgan fingerprint density at radius 1 is 1.22 bits per heavy atom. The standard InChI is InChI=1S/C21H21ClFNO2S/c1-21(14-3-4-14,15-5-7-16(22)8-6-15)19-11-24-20-13(12-27(2,25)26)9-17(23)10-18(19)20/h5-11,14,24H,3-4,12H2,1-2H3. The summed E-state index contributed by atoms with van der Waals surface area (Å²) in [7, 11) is -3.27. The van der Waals surface area contributed by atoms with E-state index in [1.807, 2.05) is 30.5 Å². The molecule has 1 fully saturated rings. The quantitative estimate of drug-likeness (QED) is 0.632. The summed E-state index contributed by atoms with van der Waals surface area (Å²) in [5, 5.41) is 1.43. The highest BCUT2D eigenvalue weighted by Gasteiger charge is 2.45. The number of aromatic nitrogens is 1. The molecule has 4 rings (SSSR count). The van der Waals surface area contributed by atoms with Crippen LogP contribution < -0.4 is 0 Å². The van der Waals surface area contributed by atoms with Crippen molar-refractivity contribution in [1.29, 1.82) is 0 Å². The summed E-state index contributed by atoms with van der Waals surface area (Å²) in [5.41, 5.74) is 2.99. The van der Waals surface area contributed by atoms with Crippen LogP contribution in [0.3, 0.4) is 0 Å². The number of fused-ring (bicyclic) bond motifs is 1. The summed E-state index contributed by atoms with van der Waals surface area (Å²) in [5.74, 6) is -0.155. The van der Waals surface area contributed by atoms with E-state index in [1.165, 1.54) is 12.1 Å². The van der Waals surface area contributed by atoms with Crippen LogP contribution in [0.15, 0.2) is 42.6 Å². The van der Waals surface area contributed by atoms with Crippen molar-refractivity contribution in [3.63, 3.8) is 0 Å². The molecule has 6 heteroatoms. The van der Waals surface area contributed by atoms with Gasteiger partial charge in [0.05, 0.1) is 11.3 Å². The second kappa shape index (κ2) is 6.35. The monoisotopic (exact) mass is 405 g/mol. The minimum Gasteiger partial charge on any atom is -0.361 e. The first-order valence-corrected chi connectivity index (χ1v) is 11.4. The third-order valence-corrected chi connectivity index (χ3v) is 6.74. The maximum atomic E-state index is 14.4. The zero-order valence-electron chi connectivity index (χ0n) is 15.2. The molecule has 3 aromatic rings. The summed E-state index contributed by atoms with van der Waals surface area (Å²) < 4.78 is 37.9. The number of halogens is 2. The molecule has 0 aliphatic heterocycles. The average Bonchev–Trinajstić information content (AvgIpc) is 3.34. The van der Waals surface area contributed by atoms with Gasteiger partial charge < -0.3 is 4.98 Å². The molecule has 0 radical (unpaired) electrons. The summed E-state index contributed by atoms with van der Waals surface area (Å²) >= 11 is 6.07. The molecule has 27 heavy (non-hydrogen) atoms. The van der Waals surface area contributed by atoms with Crippen molar-refractivity contribution in [3.05, 3.63) is 70.1 Å². The second-order valence-electron chi connectivity index (χ2n) is 7.74. The highest BCUT2D eigenvalue weighted by atomic mass is 35.5. The Morgan fingerprint density at radius 2 is 1.89 bits per heavy atom. The van der Waals surface area contributed by atoms with Crippen LogP contribution in [0, 0.1) is 11.7 Å². The van der Waals surface area contributed by atoms with E-state index in [2.05, 4.69) is 11.9 Å². The first kappa shape index (κ1) is 18.5. The number of H-pyrrole nitrogens is 1. The molecule has 1 atom stereocenters. The topological polar surface area (TPSA) is 49.9 Å². The Bertz CT molecular complexity index is 1120. The zero-order valence-corrected chi connectivity index (χ0v) is 16.8. The van der Waals surface area contributed by atoms with Gasteiger partial charge in [-0.2, -0.15) is 0 Å². The van der Waals surface area contributed by atoms with Crippen LogP contribution in [0.25, 0.3) is 10.9 Å². The molecule has 1 unspecified atom stereocenters. The summed E-state index contributed by atoms with van der Waals surface area (Å²) in [6.45, 7) is 2.18. The molecule has 2 aromatic carbocycles. The number of hydrogen-bond acceptors (Lipinski definition) is 2. The Balaban J connectivity index is 1.93. The maximum Gasteiger partial charge on any atom is 0.151 e. The van der Waals surface area contributed by atoms with E-state index in [9.17, 15) is 12.8 Å².